The fourth-order valence-corrected chi connectivity index (χ4v) is 2.93. The lowest BCUT2D eigenvalue weighted by Gasteiger charge is -2.32. The zero-order chi connectivity index (χ0) is 15.2. The van der Waals surface area contributed by atoms with E-state index in [1.807, 2.05) is 7.05 Å². The average Bonchev–Trinajstić information content (AvgIpc) is 2.52. The molecule has 1 aromatic carbocycles. The topological polar surface area (TPSA) is 40.6 Å². The Morgan fingerprint density at radius 3 is 2.57 bits per heavy atom. The maximum Gasteiger partial charge on any atom is 0.123 e. The molecule has 0 aliphatic carbocycles. The first kappa shape index (κ1) is 15.5. The van der Waals surface area contributed by atoms with Crippen LogP contribution in [0.4, 0.5) is 11.4 Å². The number of aryl methyl sites for hydroxylation is 1. The van der Waals surface area contributed by atoms with E-state index < -0.39 is 0 Å². The Hall–Kier alpha value is -1.84. The molecule has 1 heterocycles. The van der Waals surface area contributed by atoms with Crippen molar-refractivity contribution in [1.82, 2.24) is 0 Å². The molecule has 114 valence electrons. The molecule has 1 aromatic rings. The van der Waals surface area contributed by atoms with Gasteiger partial charge in [0.25, 0.3) is 0 Å². The van der Waals surface area contributed by atoms with Crippen LogP contribution in [0, 0.1) is 12.8 Å². The molecule has 1 fully saturated rings. The van der Waals surface area contributed by atoms with E-state index >= 15 is 0 Å². The molecule has 0 aromatic heterocycles. The Bertz CT molecular complexity index is 494. The van der Waals surface area contributed by atoms with Crippen LogP contribution in [-0.2, 0) is 9.59 Å². The molecule has 0 unspecified atom stereocenters. The summed E-state index contributed by atoms with van der Waals surface area (Å²) in [5.41, 5.74) is 3.62. The minimum atomic E-state index is 0.232. The molecule has 0 atom stereocenters. The summed E-state index contributed by atoms with van der Waals surface area (Å²) in [6, 6.07) is 6.47. The number of nitrogens with zero attached hydrogens (tertiary/aromatic N) is 2. The normalized spacial score (nSPS) is 15.8. The van der Waals surface area contributed by atoms with Crippen molar-refractivity contribution in [3.63, 3.8) is 0 Å². The number of hydrogen-bond donors (Lipinski definition) is 0. The molecule has 0 saturated carbocycles. The monoisotopic (exact) mass is 288 g/mol. The van der Waals surface area contributed by atoms with Crippen LogP contribution in [0.15, 0.2) is 18.2 Å². The molecule has 4 heteroatoms. The molecule has 2 rings (SSSR count). The van der Waals surface area contributed by atoms with Crippen molar-refractivity contribution in [3.8, 4) is 0 Å². The van der Waals surface area contributed by atoms with Crippen molar-refractivity contribution in [2.45, 2.75) is 26.2 Å². The average molecular weight is 288 g/mol. The van der Waals surface area contributed by atoms with Crippen molar-refractivity contribution >= 4 is 23.9 Å². The van der Waals surface area contributed by atoms with Crippen LogP contribution in [0.5, 0.6) is 0 Å². The third-order valence-electron chi connectivity index (χ3n) is 4.27. The maximum atomic E-state index is 10.8. The van der Waals surface area contributed by atoms with Crippen LogP contribution in [-0.4, -0.2) is 39.3 Å². The fourth-order valence-electron chi connectivity index (χ4n) is 2.93. The van der Waals surface area contributed by atoms with Crippen LogP contribution in [0.2, 0.25) is 0 Å². The third-order valence-corrected chi connectivity index (χ3v) is 4.27. The molecule has 0 bridgehead atoms. The lowest BCUT2D eigenvalue weighted by atomic mass is 9.98. The van der Waals surface area contributed by atoms with Crippen molar-refractivity contribution in [2.75, 3.05) is 36.5 Å². The van der Waals surface area contributed by atoms with E-state index in [-0.39, 0.29) is 5.92 Å². The van der Waals surface area contributed by atoms with E-state index in [1.165, 1.54) is 16.9 Å². The standard InChI is InChI=1S/C17H24N2O2/c1-14-12-16(19-9-6-15(13-21)7-10-19)4-5-17(14)18(2)8-3-11-20/h4-5,11-13,15H,3,6-10H2,1-2H3. The molecule has 1 saturated heterocycles. The van der Waals surface area contributed by atoms with E-state index in [2.05, 4.69) is 34.9 Å². The minimum absolute atomic E-state index is 0.232. The summed E-state index contributed by atoms with van der Waals surface area (Å²) in [5.74, 6) is 0.232. The lowest BCUT2D eigenvalue weighted by molar-refractivity contribution is -0.111. The minimum Gasteiger partial charge on any atom is -0.374 e. The summed E-state index contributed by atoms with van der Waals surface area (Å²) in [6.07, 6.45) is 4.50. The van der Waals surface area contributed by atoms with Crippen LogP contribution < -0.4 is 9.80 Å². The number of piperidine rings is 1. The first-order valence-electron chi connectivity index (χ1n) is 7.61. The van der Waals surface area contributed by atoms with E-state index in [9.17, 15) is 9.59 Å². The highest BCUT2D eigenvalue weighted by Gasteiger charge is 2.19. The zero-order valence-electron chi connectivity index (χ0n) is 12.9. The molecule has 0 radical (unpaired) electrons. The Balaban J connectivity index is 2.05. The largest absolute Gasteiger partial charge is 0.374 e. The Morgan fingerprint density at radius 1 is 1.29 bits per heavy atom. The van der Waals surface area contributed by atoms with Gasteiger partial charge in [-0.15, -0.1) is 0 Å². The highest BCUT2D eigenvalue weighted by atomic mass is 16.1. The first-order valence-corrected chi connectivity index (χ1v) is 7.61. The van der Waals surface area contributed by atoms with E-state index in [1.54, 1.807) is 0 Å². The fraction of sp³-hybridized carbons (Fsp3) is 0.529. The van der Waals surface area contributed by atoms with Gasteiger partial charge in [-0.3, -0.25) is 0 Å². The van der Waals surface area contributed by atoms with Crippen molar-refractivity contribution in [1.29, 1.82) is 0 Å². The van der Waals surface area contributed by atoms with Gasteiger partial charge >= 0.3 is 0 Å². The van der Waals surface area contributed by atoms with Crippen LogP contribution in [0.3, 0.4) is 0 Å². The molecule has 21 heavy (non-hydrogen) atoms. The highest BCUT2D eigenvalue weighted by Crippen LogP contribution is 2.27. The number of carbonyl (C=O) groups excluding carboxylic acids is 2. The van der Waals surface area contributed by atoms with Gasteiger partial charge < -0.3 is 19.4 Å². The van der Waals surface area contributed by atoms with Crippen LogP contribution >= 0.6 is 0 Å². The SMILES string of the molecule is Cc1cc(N2CCC(C=O)CC2)ccc1N(C)CCC=O. The molecule has 0 N–H and O–H groups in total. The summed E-state index contributed by atoms with van der Waals surface area (Å²) in [6.45, 7) is 4.75. The Kier molecular flexibility index (Phi) is 5.37. The number of carbonyl (C=O) groups is 2. The van der Waals surface area contributed by atoms with E-state index in [4.69, 9.17) is 0 Å². The highest BCUT2D eigenvalue weighted by molar-refractivity contribution is 5.62. The summed E-state index contributed by atoms with van der Waals surface area (Å²) < 4.78 is 0. The first-order chi connectivity index (χ1) is 10.2. The predicted molar refractivity (Wildman–Crippen MR) is 86.1 cm³/mol. The maximum absolute atomic E-state index is 10.8. The second kappa shape index (κ2) is 7.25. The Morgan fingerprint density at radius 2 is 2.00 bits per heavy atom. The van der Waals surface area contributed by atoms with Gasteiger partial charge in [-0.2, -0.15) is 0 Å². The third kappa shape index (κ3) is 3.84. The van der Waals surface area contributed by atoms with Crippen molar-refractivity contribution in [2.24, 2.45) is 5.92 Å². The van der Waals surface area contributed by atoms with Crippen molar-refractivity contribution < 1.29 is 9.59 Å². The number of aldehydes is 2. The molecule has 1 aliphatic rings. The van der Waals surface area contributed by atoms with Gasteiger partial charge in [0.2, 0.25) is 0 Å². The molecule has 1 aliphatic heterocycles. The lowest BCUT2D eigenvalue weighted by Crippen LogP contribution is -2.34. The molecular weight excluding hydrogens is 264 g/mol. The molecular formula is C17H24N2O2. The summed E-state index contributed by atoms with van der Waals surface area (Å²) >= 11 is 0. The molecule has 4 nitrogen and oxygen atoms in total. The van der Waals surface area contributed by atoms with Crippen molar-refractivity contribution in [3.05, 3.63) is 23.8 Å². The van der Waals surface area contributed by atoms with Gasteiger partial charge in [0.05, 0.1) is 0 Å². The smallest absolute Gasteiger partial charge is 0.123 e. The van der Waals surface area contributed by atoms with Crippen LogP contribution in [0.25, 0.3) is 0 Å². The number of benzene rings is 1. The number of hydrogen-bond acceptors (Lipinski definition) is 4. The molecule has 0 spiro atoms. The zero-order valence-corrected chi connectivity index (χ0v) is 12.9. The summed E-state index contributed by atoms with van der Waals surface area (Å²) in [4.78, 5) is 25.8. The van der Waals surface area contributed by atoms with Gasteiger partial charge in [0.15, 0.2) is 0 Å². The summed E-state index contributed by atoms with van der Waals surface area (Å²) in [7, 11) is 2.01. The van der Waals surface area contributed by atoms with Crippen LogP contribution in [0.1, 0.15) is 24.8 Å². The number of rotatable bonds is 6. The Labute approximate surface area is 126 Å². The van der Waals surface area contributed by atoms with E-state index in [0.29, 0.717) is 6.42 Å². The van der Waals surface area contributed by atoms with Gasteiger partial charge in [0, 0.05) is 50.4 Å². The number of anilines is 2. The second-order valence-corrected chi connectivity index (χ2v) is 5.81. The quantitative estimate of drug-likeness (QED) is 0.754. The predicted octanol–water partition coefficient (Wildman–Crippen LogP) is 2.44. The summed E-state index contributed by atoms with van der Waals surface area (Å²) in [5, 5.41) is 0. The molecule has 0 amide bonds. The second-order valence-electron chi connectivity index (χ2n) is 5.81. The van der Waals surface area contributed by atoms with Gasteiger partial charge in [-0.25, -0.2) is 0 Å². The van der Waals surface area contributed by atoms with E-state index in [0.717, 1.165) is 45.0 Å². The van der Waals surface area contributed by atoms with Gasteiger partial charge in [-0.05, 0) is 43.5 Å². The van der Waals surface area contributed by atoms with Gasteiger partial charge in [0.1, 0.15) is 12.6 Å². The van der Waals surface area contributed by atoms with Gasteiger partial charge in [-0.1, -0.05) is 0 Å².